The van der Waals surface area contributed by atoms with Crippen LogP contribution in [0.3, 0.4) is 0 Å². The first-order valence-electron chi connectivity index (χ1n) is 5.02. The Bertz CT molecular complexity index is 509. The van der Waals surface area contributed by atoms with E-state index in [2.05, 4.69) is 11.2 Å². The van der Waals surface area contributed by atoms with Crippen LogP contribution in [0, 0.1) is 30.6 Å². The number of rotatable bonds is 4. The van der Waals surface area contributed by atoms with Crippen molar-refractivity contribution in [3.05, 3.63) is 29.3 Å². The molecule has 0 aliphatic carbocycles. The molecule has 17 heavy (non-hydrogen) atoms. The van der Waals surface area contributed by atoms with E-state index in [1.54, 1.807) is 18.2 Å². The first-order valence-corrected chi connectivity index (χ1v) is 5.02. The minimum atomic E-state index is -1.03. The molecule has 0 radical (unpaired) electrons. The number of hydrogen-bond acceptors (Lipinski definition) is 3. The molecule has 0 saturated heterocycles. The minimum Gasteiger partial charge on any atom is -0.480 e. The van der Waals surface area contributed by atoms with Crippen LogP contribution in [-0.4, -0.2) is 17.1 Å². The number of benzene rings is 1. The molecule has 0 aromatic heterocycles. The number of terminal acetylenes is 1. The van der Waals surface area contributed by atoms with Gasteiger partial charge in [0.25, 0.3) is 0 Å². The minimum absolute atomic E-state index is 0.0636. The topological polar surface area (TPSA) is 73.1 Å². The highest BCUT2D eigenvalue weighted by Crippen LogP contribution is 2.18. The lowest BCUT2D eigenvalue weighted by atomic mass is 10.1. The second-order valence-corrected chi connectivity index (χ2v) is 3.60. The number of anilines is 1. The van der Waals surface area contributed by atoms with Gasteiger partial charge in [-0.3, -0.25) is 0 Å². The van der Waals surface area contributed by atoms with Crippen molar-refractivity contribution >= 4 is 11.7 Å². The third-order valence-corrected chi connectivity index (χ3v) is 2.25. The summed E-state index contributed by atoms with van der Waals surface area (Å²) < 4.78 is 0. The lowest BCUT2D eigenvalue weighted by Crippen LogP contribution is -2.29. The van der Waals surface area contributed by atoms with E-state index in [1.165, 1.54) is 0 Å². The van der Waals surface area contributed by atoms with Gasteiger partial charge in [-0.05, 0) is 24.6 Å². The van der Waals surface area contributed by atoms with Gasteiger partial charge < -0.3 is 10.4 Å². The van der Waals surface area contributed by atoms with Crippen LogP contribution in [0.1, 0.15) is 17.5 Å². The molecule has 4 nitrogen and oxygen atoms in total. The maximum atomic E-state index is 10.9. The number of nitrogens with one attached hydrogen (secondary N) is 1. The molecule has 0 aliphatic heterocycles. The molecule has 1 aromatic carbocycles. The smallest absolute Gasteiger partial charge is 0.327 e. The summed E-state index contributed by atoms with van der Waals surface area (Å²) in [6.45, 7) is 1.86. The van der Waals surface area contributed by atoms with Gasteiger partial charge in [0, 0.05) is 6.42 Å². The van der Waals surface area contributed by atoms with E-state index < -0.39 is 12.0 Å². The molecule has 0 spiro atoms. The first-order chi connectivity index (χ1) is 8.08. The average molecular weight is 228 g/mol. The van der Waals surface area contributed by atoms with E-state index in [-0.39, 0.29) is 6.42 Å². The number of carboxylic acid groups (broad SMARTS) is 1. The second kappa shape index (κ2) is 5.58. The Balaban J connectivity index is 3.01. The highest BCUT2D eigenvalue weighted by atomic mass is 16.4. The Morgan fingerprint density at radius 1 is 1.65 bits per heavy atom. The molecule has 1 aromatic rings. The van der Waals surface area contributed by atoms with E-state index in [0.717, 1.165) is 5.56 Å². The summed E-state index contributed by atoms with van der Waals surface area (Å²) in [6.07, 6.45) is 5.17. The molecule has 2 N–H and O–H groups in total. The fourth-order valence-electron chi connectivity index (χ4n) is 1.38. The third-order valence-electron chi connectivity index (χ3n) is 2.25. The quantitative estimate of drug-likeness (QED) is 0.770. The highest BCUT2D eigenvalue weighted by Gasteiger charge is 2.17. The highest BCUT2D eigenvalue weighted by molar-refractivity contribution is 5.78. The van der Waals surface area contributed by atoms with Crippen LogP contribution in [-0.2, 0) is 4.79 Å². The predicted octanol–water partition coefficient (Wildman–Crippen LogP) is 1.76. The van der Waals surface area contributed by atoms with E-state index in [9.17, 15) is 4.79 Å². The molecule has 0 bridgehead atoms. The van der Waals surface area contributed by atoms with Crippen LogP contribution in [0.25, 0.3) is 0 Å². The molecule has 0 heterocycles. The van der Waals surface area contributed by atoms with Crippen LogP contribution < -0.4 is 5.32 Å². The number of hydrogen-bond donors (Lipinski definition) is 2. The van der Waals surface area contributed by atoms with Crippen molar-refractivity contribution < 1.29 is 9.90 Å². The Labute approximate surface area is 99.9 Å². The number of carbonyl (C=O) groups is 1. The number of nitrogens with zero attached hydrogens (tertiary/aromatic N) is 1. The second-order valence-electron chi connectivity index (χ2n) is 3.60. The van der Waals surface area contributed by atoms with Gasteiger partial charge >= 0.3 is 5.97 Å². The molecular weight excluding hydrogens is 216 g/mol. The summed E-state index contributed by atoms with van der Waals surface area (Å²) in [5, 5.41) is 20.6. The molecule has 0 saturated carbocycles. The van der Waals surface area contributed by atoms with Crippen molar-refractivity contribution in [3.63, 3.8) is 0 Å². The van der Waals surface area contributed by atoms with Crippen LogP contribution in [0.4, 0.5) is 5.69 Å². The molecular formula is C13H12N2O2. The first kappa shape index (κ1) is 12.6. The fourth-order valence-corrected chi connectivity index (χ4v) is 1.38. The van der Waals surface area contributed by atoms with Gasteiger partial charge in [-0.1, -0.05) is 6.07 Å². The zero-order valence-electron chi connectivity index (χ0n) is 9.40. The van der Waals surface area contributed by atoms with E-state index >= 15 is 0 Å². The fraction of sp³-hybridized carbons (Fsp3) is 0.231. The van der Waals surface area contributed by atoms with E-state index in [0.29, 0.717) is 11.3 Å². The number of nitriles is 1. The molecule has 1 atom stereocenters. The van der Waals surface area contributed by atoms with E-state index in [4.69, 9.17) is 16.8 Å². The lowest BCUT2D eigenvalue weighted by molar-refractivity contribution is -0.137. The summed E-state index contributed by atoms with van der Waals surface area (Å²) in [5.41, 5.74) is 1.84. The van der Waals surface area contributed by atoms with Gasteiger partial charge in [0.2, 0.25) is 0 Å². The Morgan fingerprint density at radius 3 is 2.88 bits per heavy atom. The Morgan fingerprint density at radius 2 is 2.35 bits per heavy atom. The van der Waals surface area contributed by atoms with Gasteiger partial charge in [0.1, 0.15) is 12.1 Å². The van der Waals surface area contributed by atoms with Crippen molar-refractivity contribution in [1.82, 2.24) is 0 Å². The molecule has 1 unspecified atom stereocenters. The molecule has 0 fully saturated rings. The van der Waals surface area contributed by atoms with Gasteiger partial charge in [-0.15, -0.1) is 12.3 Å². The predicted molar refractivity (Wildman–Crippen MR) is 64.4 cm³/mol. The third kappa shape index (κ3) is 3.25. The standard InChI is InChI=1S/C13H12N2O2/c1-3-4-11(13(16)17)15-12-7-9(2)5-6-10(12)8-14/h1,5-7,11,15H,4H2,2H3,(H,16,17). The lowest BCUT2D eigenvalue weighted by Gasteiger charge is -2.14. The maximum Gasteiger partial charge on any atom is 0.327 e. The van der Waals surface area contributed by atoms with Crippen LogP contribution in [0.5, 0.6) is 0 Å². The molecule has 0 amide bonds. The number of aryl methyl sites for hydroxylation is 1. The maximum absolute atomic E-state index is 10.9. The zero-order valence-corrected chi connectivity index (χ0v) is 9.40. The van der Waals surface area contributed by atoms with Crippen molar-refractivity contribution in [1.29, 1.82) is 5.26 Å². The average Bonchev–Trinajstić information content (AvgIpc) is 2.28. The van der Waals surface area contributed by atoms with Crippen LogP contribution >= 0.6 is 0 Å². The number of carboxylic acids is 1. The largest absolute Gasteiger partial charge is 0.480 e. The number of aliphatic carboxylic acids is 1. The zero-order chi connectivity index (χ0) is 12.8. The van der Waals surface area contributed by atoms with Gasteiger partial charge in [0.15, 0.2) is 0 Å². The van der Waals surface area contributed by atoms with Gasteiger partial charge in [0.05, 0.1) is 11.3 Å². The summed E-state index contributed by atoms with van der Waals surface area (Å²) in [5.74, 6) is 1.26. The van der Waals surface area contributed by atoms with Gasteiger partial charge in [-0.2, -0.15) is 5.26 Å². The van der Waals surface area contributed by atoms with Gasteiger partial charge in [-0.25, -0.2) is 4.79 Å². The van der Waals surface area contributed by atoms with Crippen molar-refractivity contribution in [3.8, 4) is 18.4 Å². The SMILES string of the molecule is C#CCC(Nc1cc(C)ccc1C#N)C(=O)O. The summed E-state index contributed by atoms with van der Waals surface area (Å²) >= 11 is 0. The van der Waals surface area contributed by atoms with E-state index in [1.807, 2.05) is 13.0 Å². The normalized spacial score (nSPS) is 11.0. The van der Waals surface area contributed by atoms with Crippen molar-refractivity contribution in [2.24, 2.45) is 0 Å². The Hall–Kier alpha value is -2.46. The molecule has 0 aliphatic rings. The van der Waals surface area contributed by atoms with Crippen LogP contribution in [0.15, 0.2) is 18.2 Å². The molecule has 86 valence electrons. The van der Waals surface area contributed by atoms with Crippen molar-refractivity contribution in [2.45, 2.75) is 19.4 Å². The van der Waals surface area contributed by atoms with Crippen LogP contribution in [0.2, 0.25) is 0 Å². The molecule has 4 heteroatoms. The summed E-state index contributed by atoms with van der Waals surface area (Å²) in [7, 11) is 0. The monoisotopic (exact) mass is 228 g/mol. The summed E-state index contributed by atoms with van der Waals surface area (Å²) in [4.78, 5) is 10.9. The molecule has 1 rings (SSSR count). The summed E-state index contributed by atoms with van der Waals surface area (Å²) in [6, 6.07) is 6.29. The Kier molecular flexibility index (Phi) is 4.14. The van der Waals surface area contributed by atoms with Crippen molar-refractivity contribution in [2.75, 3.05) is 5.32 Å².